The van der Waals surface area contributed by atoms with Gasteiger partial charge in [-0.25, -0.2) is 4.99 Å². The van der Waals surface area contributed by atoms with Gasteiger partial charge in [0, 0.05) is 33.8 Å². The second-order valence-corrected chi connectivity index (χ2v) is 10.8. The molecule has 0 fully saturated rings. The zero-order valence-electron chi connectivity index (χ0n) is 27.7. The van der Waals surface area contributed by atoms with Crippen LogP contribution in [0.4, 0.5) is 0 Å². The molecule has 2 aromatic carbocycles. The molecule has 0 amide bonds. The molecule has 1 aliphatic rings. The molecule has 0 aromatic heterocycles. The molecule has 0 heterocycles. The van der Waals surface area contributed by atoms with Crippen molar-refractivity contribution in [3.05, 3.63) is 170 Å². The molecule has 49 heavy (non-hydrogen) atoms. The van der Waals surface area contributed by atoms with Gasteiger partial charge in [-0.2, -0.15) is 25.5 Å². The van der Waals surface area contributed by atoms with Gasteiger partial charge in [-0.05, 0) is 53.1 Å². The molecule has 0 unspecified atom stereocenters. The number of nitrogens with one attached hydrogen (secondary N) is 1. The Hall–Kier alpha value is -7.21. The van der Waals surface area contributed by atoms with E-state index in [0.29, 0.717) is 35.5 Å². The van der Waals surface area contributed by atoms with E-state index in [0.717, 1.165) is 16.8 Å². The fraction of sp³-hybridized carbons (Fsp3) is 0.150. The van der Waals surface area contributed by atoms with Crippen LogP contribution < -0.4 is 0 Å². The third kappa shape index (κ3) is 9.17. The third-order valence-electron chi connectivity index (χ3n) is 7.23. The Kier molecular flexibility index (Phi) is 13.4. The smallest absolute Gasteiger partial charge is 0.349 e. The second kappa shape index (κ2) is 18.1. The minimum atomic E-state index is -0.185. The molecule has 0 aliphatic heterocycles. The van der Waals surface area contributed by atoms with Gasteiger partial charge in [0.1, 0.15) is 24.8 Å². The molecule has 238 valence electrons. The van der Waals surface area contributed by atoms with E-state index in [1.807, 2.05) is 68.3 Å². The van der Waals surface area contributed by atoms with Gasteiger partial charge < -0.3 is 9.80 Å². The Balaban J connectivity index is 2.18. The largest absolute Gasteiger partial charge is 0.528 e. The maximum atomic E-state index is 10.1. The van der Waals surface area contributed by atoms with Crippen LogP contribution in [0.15, 0.2) is 141 Å². The lowest BCUT2D eigenvalue weighted by Crippen LogP contribution is -2.35. The molecule has 0 saturated heterocycles. The summed E-state index contributed by atoms with van der Waals surface area (Å²) >= 11 is 0. The number of nitriles is 3. The first kappa shape index (κ1) is 36.3. The summed E-state index contributed by atoms with van der Waals surface area (Å²) in [6, 6.07) is 24.2. The molecule has 9 heteroatoms. The molecule has 2 aromatic rings. The number of hydrogen-bond donors (Lipinski definition) is 1. The standard InChI is InChI=1S/C40H33N9/c1-45-39(46-2)37(30-17-11-8-12-18-30)34(26-42)22-14-20-32-24-23-31(38(32)47-40(48(3)4)49(5)6)19-13-21-33(25-41)36(35(27-43)28-44)29-15-9-7-10-16-29/h7-22,43H,23-24H2,3-6H3/b20-14+,21-13+,31-19+,34-22+,36-33-. The van der Waals surface area contributed by atoms with Gasteiger partial charge in [0.15, 0.2) is 0 Å². The minimum absolute atomic E-state index is 0.0462. The van der Waals surface area contributed by atoms with Crippen molar-refractivity contribution < 1.29 is 0 Å². The predicted octanol–water partition coefficient (Wildman–Crippen LogP) is 7.89. The Morgan fingerprint density at radius 3 is 1.90 bits per heavy atom. The van der Waals surface area contributed by atoms with Crippen LogP contribution in [0.3, 0.4) is 0 Å². The number of nitrogens with zero attached hydrogens (tertiary/aromatic N) is 8. The average Bonchev–Trinajstić information content (AvgIpc) is 3.50. The highest BCUT2D eigenvalue weighted by atomic mass is 15.3. The van der Waals surface area contributed by atoms with Crippen molar-refractivity contribution in [3.63, 3.8) is 0 Å². The second-order valence-electron chi connectivity index (χ2n) is 10.8. The van der Waals surface area contributed by atoms with Crippen LogP contribution >= 0.6 is 0 Å². The van der Waals surface area contributed by atoms with Gasteiger partial charge in [-0.3, -0.25) is 5.41 Å². The van der Waals surface area contributed by atoms with Crippen LogP contribution in [-0.4, -0.2) is 49.8 Å². The third-order valence-corrected chi connectivity index (χ3v) is 7.23. The molecule has 1 N–H and O–H groups in total. The summed E-state index contributed by atoms with van der Waals surface area (Å²) in [6.45, 7) is 15.0. The maximum Gasteiger partial charge on any atom is 0.528 e. The normalized spacial score (nSPS) is 13.7. The lowest BCUT2D eigenvalue weighted by Gasteiger charge is -2.23. The fourth-order valence-corrected chi connectivity index (χ4v) is 5.09. The average molecular weight is 640 g/mol. The van der Waals surface area contributed by atoms with Crippen molar-refractivity contribution >= 4 is 23.0 Å². The molecular weight excluding hydrogens is 607 g/mol. The van der Waals surface area contributed by atoms with Crippen molar-refractivity contribution in [2.24, 2.45) is 4.99 Å². The summed E-state index contributed by atoms with van der Waals surface area (Å²) < 4.78 is 0. The summed E-state index contributed by atoms with van der Waals surface area (Å²) in [7, 11) is 7.60. The van der Waals surface area contributed by atoms with E-state index < -0.39 is 0 Å². The molecule has 3 rings (SSSR count). The van der Waals surface area contributed by atoms with E-state index >= 15 is 0 Å². The zero-order chi connectivity index (χ0) is 35.8. The number of allylic oxidation sites excluding steroid dienone is 13. The van der Waals surface area contributed by atoms with E-state index in [-0.39, 0.29) is 28.1 Å². The molecule has 0 spiro atoms. The first-order valence-electron chi connectivity index (χ1n) is 15.0. The summed E-state index contributed by atoms with van der Waals surface area (Å²) in [5.41, 5.74) is 4.74. The first-order valence-corrected chi connectivity index (χ1v) is 15.0. The fourth-order valence-electron chi connectivity index (χ4n) is 5.09. The zero-order valence-corrected chi connectivity index (χ0v) is 27.7. The quantitative estimate of drug-likeness (QED) is 0.0983. The molecular formula is C40H33N9. The van der Waals surface area contributed by atoms with Gasteiger partial charge in [-0.1, -0.05) is 85.0 Å². The minimum Gasteiger partial charge on any atom is -0.349 e. The van der Waals surface area contributed by atoms with Crippen LogP contribution in [0.25, 0.3) is 20.8 Å². The van der Waals surface area contributed by atoms with Gasteiger partial charge in [0.2, 0.25) is 5.96 Å². The molecule has 0 bridgehead atoms. The lowest BCUT2D eigenvalue weighted by atomic mass is 9.94. The molecule has 0 saturated carbocycles. The highest BCUT2D eigenvalue weighted by molar-refractivity contribution is 5.95. The first-order chi connectivity index (χ1) is 23.7. The number of hydrogen-bond acceptors (Lipinski definition) is 5. The summed E-state index contributed by atoms with van der Waals surface area (Å²) in [5, 5.41) is 37.4. The van der Waals surface area contributed by atoms with Crippen LogP contribution in [0.2, 0.25) is 0 Å². The van der Waals surface area contributed by atoms with Gasteiger partial charge in [0.25, 0.3) is 0 Å². The van der Waals surface area contributed by atoms with Crippen molar-refractivity contribution in [1.82, 2.24) is 9.80 Å². The van der Waals surface area contributed by atoms with E-state index in [1.165, 1.54) is 0 Å². The van der Waals surface area contributed by atoms with E-state index in [1.54, 1.807) is 72.8 Å². The topological polar surface area (TPSA) is 123 Å². The van der Waals surface area contributed by atoms with Crippen LogP contribution in [0, 0.1) is 52.5 Å². The highest BCUT2D eigenvalue weighted by Gasteiger charge is 2.22. The van der Waals surface area contributed by atoms with Crippen LogP contribution in [-0.2, 0) is 0 Å². The Labute approximate surface area is 288 Å². The predicted molar refractivity (Wildman–Crippen MR) is 194 cm³/mol. The van der Waals surface area contributed by atoms with Crippen molar-refractivity contribution in [1.29, 1.82) is 21.2 Å². The van der Waals surface area contributed by atoms with Crippen molar-refractivity contribution in [2.45, 2.75) is 12.8 Å². The number of aliphatic imine (C=N–C) groups is 1. The van der Waals surface area contributed by atoms with E-state index in [4.69, 9.17) is 23.5 Å². The molecule has 0 radical (unpaired) electrons. The Morgan fingerprint density at radius 2 is 1.41 bits per heavy atom. The van der Waals surface area contributed by atoms with E-state index in [9.17, 15) is 15.8 Å². The SMILES string of the molecule is [C-]#[N+]C([N+]#[C-])=C(/C(C#N)=C/C=C/C1=C(N=C(N(C)C)N(C)C)C(=C/C=C/C(C#N)=C(/C(=C=N)C#N)c2ccccc2)/CC1)c1ccccc1. The van der Waals surface area contributed by atoms with Gasteiger partial charge in [-0.15, -0.1) is 0 Å². The maximum absolute atomic E-state index is 10.1. The lowest BCUT2D eigenvalue weighted by molar-refractivity contribution is 0.483. The number of guanidine groups is 1. The van der Waals surface area contributed by atoms with Crippen LogP contribution in [0.1, 0.15) is 24.0 Å². The number of benzene rings is 2. The van der Waals surface area contributed by atoms with E-state index in [2.05, 4.69) is 27.7 Å². The summed E-state index contributed by atoms with van der Waals surface area (Å²) in [5.74, 6) is 2.68. The molecule has 1 aliphatic carbocycles. The van der Waals surface area contributed by atoms with Gasteiger partial charge in [0.05, 0.1) is 34.6 Å². The van der Waals surface area contributed by atoms with Crippen LogP contribution in [0.5, 0.6) is 0 Å². The molecule has 0 atom stereocenters. The van der Waals surface area contributed by atoms with Crippen molar-refractivity contribution in [2.75, 3.05) is 28.2 Å². The molecule has 9 nitrogen and oxygen atoms in total. The Morgan fingerprint density at radius 1 is 0.816 bits per heavy atom. The number of rotatable bonds is 9. The summed E-state index contributed by atoms with van der Waals surface area (Å²) in [4.78, 5) is 15.6. The Bertz CT molecular complexity index is 2070. The monoisotopic (exact) mass is 639 g/mol. The highest BCUT2D eigenvalue weighted by Crippen LogP contribution is 2.35. The van der Waals surface area contributed by atoms with Crippen molar-refractivity contribution in [3.8, 4) is 18.2 Å². The summed E-state index contributed by atoms with van der Waals surface area (Å²) in [6.07, 6.45) is 11.8. The van der Waals surface area contributed by atoms with Gasteiger partial charge >= 0.3 is 5.82 Å².